The van der Waals surface area contributed by atoms with Crippen molar-refractivity contribution in [3.8, 4) is 0 Å². The first-order valence-electron chi connectivity index (χ1n) is 4.71. The van der Waals surface area contributed by atoms with Crippen LogP contribution in [0, 0.1) is 0 Å². The van der Waals surface area contributed by atoms with Gasteiger partial charge < -0.3 is 5.11 Å². The Labute approximate surface area is 101 Å². The van der Waals surface area contributed by atoms with Crippen molar-refractivity contribution in [1.82, 2.24) is 0 Å². The van der Waals surface area contributed by atoms with Crippen LogP contribution in [0.4, 0.5) is 13.2 Å². The fraction of sp³-hybridized carbons (Fsp3) is 0.364. The number of hydrogen-bond acceptors (Lipinski definition) is 2. The third kappa shape index (κ3) is 2.98. The van der Waals surface area contributed by atoms with Gasteiger partial charge in [-0.05, 0) is 24.6 Å². The van der Waals surface area contributed by atoms with Crippen LogP contribution in [0.15, 0.2) is 24.3 Å². The van der Waals surface area contributed by atoms with E-state index in [9.17, 15) is 23.1 Å². The number of Topliss-reactive ketones (excluding diaryl/α,β-unsaturated/α-hetero) is 1. The van der Waals surface area contributed by atoms with Crippen molar-refractivity contribution in [1.29, 1.82) is 0 Å². The Hall–Kier alpha value is -1.07. The number of aliphatic hydroxyl groups is 1. The second kappa shape index (κ2) is 4.66. The molecule has 0 unspecified atom stereocenters. The van der Waals surface area contributed by atoms with Crippen molar-refractivity contribution >= 4 is 17.4 Å². The number of ketones is 1. The summed E-state index contributed by atoms with van der Waals surface area (Å²) in [7, 11) is 0. The van der Waals surface area contributed by atoms with Gasteiger partial charge in [0, 0.05) is 11.4 Å². The van der Waals surface area contributed by atoms with E-state index in [0.29, 0.717) is 0 Å². The molecule has 0 aliphatic heterocycles. The number of benzene rings is 1. The molecule has 1 N–H and O–H groups in total. The first-order valence-corrected chi connectivity index (χ1v) is 5.09. The molecule has 17 heavy (non-hydrogen) atoms. The van der Waals surface area contributed by atoms with Crippen molar-refractivity contribution < 1.29 is 23.1 Å². The monoisotopic (exact) mass is 266 g/mol. The quantitative estimate of drug-likeness (QED) is 0.913. The molecule has 0 heterocycles. The maximum Gasteiger partial charge on any atom is 0.421 e. The van der Waals surface area contributed by atoms with Crippen molar-refractivity contribution in [3.05, 3.63) is 34.9 Å². The highest BCUT2D eigenvalue weighted by Crippen LogP contribution is 2.41. The summed E-state index contributed by atoms with van der Waals surface area (Å²) in [5, 5.41) is 9.94. The number of hydrogen-bond donors (Lipinski definition) is 1. The Morgan fingerprint density at radius 1 is 1.29 bits per heavy atom. The standard InChI is InChI=1S/C11H10ClF3O2/c1-7(16)6-10(17,11(13,14)15)8-2-4-9(12)5-3-8/h2-5,17H,6H2,1H3/t10-/m0/s1. The van der Waals surface area contributed by atoms with Crippen LogP contribution in [0.3, 0.4) is 0 Å². The molecule has 1 rings (SSSR count). The van der Waals surface area contributed by atoms with Crippen molar-refractivity contribution in [3.63, 3.8) is 0 Å². The normalized spacial score (nSPS) is 15.4. The average molecular weight is 267 g/mol. The van der Waals surface area contributed by atoms with Crippen LogP contribution in [0.5, 0.6) is 0 Å². The molecule has 6 heteroatoms. The van der Waals surface area contributed by atoms with Crippen LogP contribution in [0.25, 0.3) is 0 Å². The molecule has 0 aromatic heterocycles. The first-order chi connectivity index (χ1) is 7.67. The van der Waals surface area contributed by atoms with Crippen molar-refractivity contribution in [2.75, 3.05) is 0 Å². The summed E-state index contributed by atoms with van der Waals surface area (Å²) in [5.41, 5.74) is -3.56. The van der Waals surface area contributed by atoms with Gasteiger partial charge in [0.2, 0.25) is 0 Å². The second-order valence-electron chi connectivity index (χ2n) is 3.74. The van der Waals surface area contributed by atoms with Gasteiger partial charge in [-0.15, -0.1) is 0 Å². The zero-order valence-corrected chi connectivity index (χ0v) is 9.64. The minimum absolute atomic E-state index is 0.251. The molecule has 0 fully saturated rings. The third-order valence-electron chi connectivity index (χ3n) is 2.30. The van der Waals surface area contributed by atoms with Gasteiger partial charge in [-0.25, -0.2) is 0 Å². The molecule has 1 aromatic carbocycles. The summed E-state index contributed by atoms with van der Waals surface area (Å²) in [4.78, 5) is 10.9. The highest BCUT2D eigenvalue weighted by Gasteiger charge is 2.55. The molecule has 94 valence electrons. The van der Waals surface area contributed by atoms with Gasteiger partial charge in [-0.2, -0.15) is 13.2 Å². The van der Waals surface area contributed by atoms with E-state index >= 15 is 0 Å². The largest absolute Gasteiger partial charge is 0.421 e. The zero-order valence-electron chi connectivity index (χ0n) is 8.88. The van der Waals surface area contributed by atoms with E-state index < -0.39 is 29.5 Å². The van der Waals surface area contributed by atoms with Crippen LogP contribution in [-0.4, -0.2) is 17.1 Å². The van der Waals surface area contributed by atoms with Gasteiger partial charge in [0.05, 0.1) is 0 Å². The Morgan fingerprint density at radius 2 is 1.76 bits per heavy atom. The number of rotatable bonds is 3. The van der Waals surface area contributed by atoms with E-state index in [1.807, 2.05) is 0 Å². The highest BCUT2D eigenvalue weighted by molar-refractivity contribution is 6.30. The number of alkyl halides is 3. The molecule has 0 saturated carbocycles. The van der Waals surface area contributed by atoms with Crippen molar-refractivity contribution in [2.45, 2.75) is 25.1 Å². The molecule has 2 nitrogen and oxygen atoms in total. The molecule has 1 aromatic rings. The Bertz CT molecular complexity index is 414. The summed E-state index contributed by atoms with van der Waals surface area (Å²) < 4.78 is 38.4. The third-order valence-corrected chi connectivity index (χ3v) is 2.55. The maximum absolute atomic E-state index is 12.8. The van der Waals surface area contributed by atoms with E-state index in [-0.39, 0.29) is 5.02 Å². The van der Waals surface area contributed by atoms with E-state index in [0.717, 1.165) is 19.1 Å². The van der Waals surface area contributed by atoms with E-state index in [1.54, 1.807) is 0 Å². The lowest BCUT2D eigenvalue weighted by Gasteiger charge is -2.30. The second-order valence-corrected chi connectivity index (χ2v) is 4.18. The van der Waals surface area contributed by atoms with Crippen LogP contribution in [0.2, 0.25) is 5.02 Å². The van der Waals surface area contributed by atoms with Gasteiger partial charge in [0.1, 0.15) is 5.78 Å². The Balaban J connectivity index is 3.24. The maximum atomic E-state index is 12.8. The lowest BCUT2D eigenvalue weighted by atomic mass is 9.88. The van der Waals surface area contributed by atoms with E-state index in [4.69, 9.17) is 11.6 Å². The first kappa shape index (κ1) is 14.0. The Kier molecular flexibility index (Phi) is 3.84. The molecule has 0 aliphatic carbocycles. The minimum Gasteiger partial charge on any atom is -0.376 e. The topological polar surface area (TPSA) is 37.3 Å². The lowest BCUT2D eigenvalue weighted by molar-refractivity contribution is -0.267. The van der Waals surface area contributed by atoms with Gasteiger partial charge in [0.15, 0.2) is 5.60 Å². The molecular formula is C11H10ClF3O2. The lowest BCUT2D eigenvalue weighted by Crippen LogP contribution is -2.43. The summed E-state index contributed by atoms with van der Waals surface area (Å²) in [5.74, 6) is -0.750. The fourth-order valence-electron chi connectivity index (χ4n) is 1.45. The predicted molar refractivity (Wildman–Crippen MR) is 56.7 cm³/mol. The zero-order chi connectivity index (χ0) is 13.3. The minimum atomic E-state index is -4.92. The summed E-state index contributed by atoms with van der Waals surface area (Å²) in [6.07, 6.45) is -5.94. The SMILES string of the molecule is CC(=O)C[C@](O)(c1ccc(Cl)cc1)C(F)(F)F. The molecular weight excluding hydrogens is 257 g/mol. The number of carbonyl (C=O) groups excluding carboxylic acids is 1. The Morgan fingerprint density at radius 3 is 2.12 bits per heavy atom. The van der Waals surface area contributed by atoms with Crippen LogP contribution < -0.4 is 0 Å². The summed E-state index contributed by atoms with van der Waals surface area (Å²) in [6, 6.07) is 4.57. The van der Waals surface area contributed by atoms with Gasteiger partial charge in [0.25, 0.3) is 0 Å². The number of halogens is 4. The molecule has 0 saturated heterocycles. The molecule has 0 radical (unpaired) electrons. The van der Waals surface area contributed by atoms with Gasteiger partial charge in [-0.1, -0.05) is 23.7 Å². The molecule has 0 bridgehead atoms. The summed E-state index contributed by atoms with van der Waals surface area (Å²) >= 11 is 5.55. The fourth-order valence-corrected chi connectivity index (χ4v) is 1.58. The van der Waals surface area contributed by atoms with Crippen LogP contribution in [0.1, 0.15) is 18.9 Å². The van der Waals surface area contributed by atoms with Gasteiger partial charge >= 0.3 is 6.18 Å². The smallest absolute Gasteiger partial charge is 0.376 e. The average Bonchev–Trinajstić information content (AvgIpc) is 2.15. The number of carbonyl (C=O) groups is 1. The predicted octanol–water partition coefficient (Wildman–Crippen LogP) is 3.07. The van der Waals surface area contributed by atoms with E-state index in [2.05, 4.69) is 0 Å². The molecule has 0 spiro atoms. The van der Waals surface area contributed by atoms with Crippen LogP contribution in [-0.2, 0) is 10.4 Å². The van der Waals surface area contributed by atoms with E-state index in [1.165, 1.54) is 12.1 Å². The van der Waals surface area contributed by atoms with Gasteiger partial charge in [-0.3, -0.25) is 4.79 Å². The molecule has 0 amide bonds. The van der Waals surface area contributed by atoms with Crippen molar-refractivity contribution in [2.24, 2.45) is 0 Å². The van der Waals surface area contributed by atoms with Crippen LogP contribution >= 0.6 is 11.6 Å². The summed E-state index contributed by atoms with van der Waals surface area (Å²) in [6.45, 7) is 0.993. The highest BCUT2D eigenvalue weighted by atomic mass is 35.5. The molecule has 1 atom stereocenters. The molecule has 0 aliphatic rings.